The fourth-order valence-corrected chi connectivity index (χ4v) is 2.50. The summed E-state index contributed by atoms with van der Waals surface area (Å²) in [5.74, 6) is -0.304. The summed E-state index contributed by atoms with van der Waals surface area (Å²) in [5.41, 5.74) is 7.01. The van der Waals surface area contributed by atoms with Gasteiger partial charge in [0, 0.05) is 24.0 Å². The van der Waals surface area contributed by atoms with Gasteiger partial charge in [-0.05, 0) is 38.8 Å². The minimum Gasteiger partial charge on any atom is -0.398 e. The highest BCUT2D eigenvalue weighted by molar-refractivity contribution is 6.00. The number of hydrogen-bond donors (Lipinski definition) is 2. The summed E-state index contributed by atoms with van der Waals surface area (Å²) < 4.78 is 1.93. The lowest BCUT2D eigenvalue weighted by Crippen LogP contribution is -2.31. The number of aromatic nitrogens is 1. The van der Waals surface area contributed by atoms with E-state index in [9.17, 15) is 9.59 Å². The number of nitrogens with zero attached hydrogens (tertiary/aromatic N) is 1. The molecule has 1 aromatic carbocycles. The third-order valence-electron chi connectivity index (χ3n) is 3.81. The Labute approximate surface area is 122 Å². The molecule has 2 aromatic rings. The monoisotopic (exact) mass is 285 g/mol. The van der Waals surface area contributed by atoms with E-state index in [1.165, 1.54) is 0 Å². The van der Waals surface area contributed by atoms with Crippen LogP contribution in [0.3, 0.4) is 0 Å². The molecule has 0 saturated heterocycles. The molecule has 5 heteroatoms. The number of nitrogens with one attached hydrogen (secondary N) is 1. The highest BCUT2D eigenvalue weighted by Gasteiger charge is 2.26. The van der Waals surface area contributed by atoms with Crippen LogP contribution in [-0.2, 0) is 0 Å². The van der Waals surface area contributed by atoms with Gasteiger partial charge in [0.1, 0.15) is 5.56 Å². The van der Waals surface area contributed by atoms with E-state index in [-0.39, 0.29) is 29.0 Å². The summed E-state index contributed by atoms with van der Waals surface area (Å²) in [5, 5.41) is 3.29. The van der Waals surface area contributed by atoms with Gasteiger partial charge in [0.05, 0.1) is 10.9 Å². The van der Waals surface area contributed by atoms with Crippen molar-refractivity contribution in [2.24, 2.45) is 0 Å². The van der Waals surface area contributed by atoms with E-state index in [1.807, 2.05) is 30.5 Å². The van der Waals surface area contributed by atoms with Crippen LogP contribution in [0.1, 0.15) is 43.1 Å². The van der Waals surface area contributed by atoms with Gasteiger partial charge < -0.3 is 15.6 Å². The molecule has 1 heterocycles. The van der Waals surface area contributed by atoms with E-state index >= 15 is 0 Å². The van der Waals surface area contributed by atoms with Gasteiger partial charge >= 0.3 is 0 Å². The lowest BCUT2D eigenvalue weighted by atomic mass is 10.1. The summed E-state index contributed by atoms with van der Waals surface area (Å²) in [7, 11) is 0. The predicted molar refractivity (Wildman–Crippen MR) is 83.5 cm³/mol. The van der Waals surface area contributed by atoms with Crippen LogP contribution < -0.4 is 16.5 Å². The first kappa shape index (κ1) is 13.7. The molecule has 0 radical (unpaired) electrons. The van der Waals surface area contributed by atoms with Crippen LogP contribution in [-0.4, -0.2) is 16.5 Å². The standard InChI is InChI=1S/C16H19N3O2/c1-9(2)19-8-11(16(21)18-10-6-7-10)15(20)14-12(17)4-3-5-13(14)19/h3-5,8-10H,6-7,17H2,1-2H3,(H,18,21). The van der Waals surface area contributed by atoms with Gasteiger partial charge in [0.15, 0.2) is 0 Å². The topological polar surface area (TPSA) is 77.1 Å². The average Bonchev–Trinajstić information content (AvgIpc) is 3.22. The van der Waals surface area contributed by atoms with E-state index in [4.69, 9.17) is 5.73 Å². The molecule has 0 spiro atoms. The zero-order valence-corrected chi connectivity index (χ0v) is 12.2. The van der Waals surface area contributed by atoms with Crippen molar-refractivity contribution in [2.75, 3.05) is 5.73 Å². The second-order valence-corrected chi connectivity index (χ2v) is 5.86. The average molecular weight is 285 g/mol. The smallest absolute Gasteiger partial charge is 0.256 e. The van der Waals surface area contributed by atoms with E-state index in [0.717, 1.165) is 18.4 Å². The molecule has 0 aliphatic heterocycles. The van der Waals surface area contributed by atoms with Crippen molar-refractivity contribution >= 4 is 22.5 Å². The van der Waals surface area contributed by atoms with E-state index < -0.39 is 0 Å². The molecule has 1 aliphatic carbocycles. The Morgan fingerprint density at radius 2 is 2.10 bits per heavy atom. The van der Waals surface area contributed by atoms with Crippen molar-refractivity contribution in [1.29, 1.82) is 0 Å². The van der Waals surface area contributed by atoms with Crippen molar-refractivity contribution in [2.45, 2.75) is 38.8 Å². The molecular weight excluding hydrogens is 266 g/mol. The zero-order valence-electron chi connectivity index (χ0n) is 12.2. The molecule has 1 aromatic heterocycles. The Morgan fingerprint density at radius 1 is 1.38 bits per heavy atom. The van der Waals surface area contributed by atoms with Crippen molar-refractivity contribution < 1.29 is 4.79 Å². The molecule has 0 atom stereocenters. The highest BCUT2D eigenvalue weighted by atomic mass is 16.2. The van der Waals surface area contributed by atoms with Crippen LogP contribution in [0, 0.1) is 0 Å². The van der Waals surface area contributed by atoms with Crippen molar-refractivity contribution in [3.63, 3.8) is 0 Å². The molecule has 0 unspecified atom stereocenters. The highest BCUT2D eigenvalue weighted by Crippen LogP contribution is 2.23. The third kappa shape index (κ3) is 2.39. The number of benzene rings is 1. The van der Waals surface area contributed by atoms with E-state index in [1.54, 1.807) is 12.3 Å². The number of nitrogens with two attached hydrogens (primary N) is 1. The maximum absolute atomic E-state index is 12.6. The van der Waals surface area contributed by atoms with Crippen LogP contribution in [0.2, 0.25) is 0 Å². The van der Waals surface area contributed by atoms with Gasteiger partial charge in [0.25, 0.3) is 5.91 Å². The van der Waals surface area contributed by atoms with Gasteiger partial charge in [-0.15, -0.1) is 0 Å². The molecule has 1 fully saturated rings. The van der Waals surface area contributed by atoms with Crippen molar-refractivity contribution in [1.82, 2.24) is 9.88 Å². The minimum absolute atomic E-state index is 0.127. The summed E-state index contributed by atoms with van der Waals surface area (Å²) in [4.78, 5) is 24.9. The Hall–Kier alpha value is -2.30. The fourth-order valence-electron chi connectivity index (χ4n) is 2.50. The van der Waals surface area contributed by atoms with Crippen LogP contribution in [0.5, 0.6) is 0 Å². The molecule has 0 bridgehead atoms. The van der Waals surface area contributed by atoms with Crippen molar-refractivity contribution in [3.8, 4) is 0 Å². The van der Waals surface area contributed by atoms with Crippen LogP contribution in [0.25, 0.3) is 10.9 Å². The molecule has 1 saturated carbocycles. The maximum Gasteiger partial charge on any atom is 0.256 e. The van der Waals surface area contributed by atoms with E-state index in [2.05, 4.69) is 5.32 Å². The number of carbonyl (C=O) groups is 1. The van der Waals surface area contributed by atoms with Crippen LogP contribution in [0.15, 0.2) is 29.2 Å². The second kappa shape index (κ2) is 4.91. The second-order valence-electron chi connectivity index (χ2n) is 5.86. The van der Waals surface area contributed by atoms with Gasteiger partial charge in [-0.3, -0.25) is 9.59 Å². The first-order valence-electron chi connectivity index (χ1n) is 7.23. The maximum atomic E-state index is 12.6. The van der Waals surface area contributed by atoms with Crippen LogP contribution >= 0.6 is 0 Å². The molecule has 1 aliphatic rings. The predicted octanol–water partition coefficient (Wildman–Crippen LogP) is 2.06. The summed E-state index contributed by atoms with van der Waals surface area (Å²) in [6.45, 7) is 4.02. The molecule has 21 heavy (non-hydrogen) atoms. The van der Waals surface area contributed by atoms with E-state index in [0.29, 0.717) is 11.1 Å². The number of hydrogen-bond acceptors (Lipinski definition) is 3. The number of anilines is 1. The Kier molecular flexibility index (Phi) is 3.20. The SMILES string of the molecule is CC(C)n1cc(C(=O)NC2CC2)c(=O)c2c(N)cccc21. The Bertz CT molecular complexity index is 773. The van der Waals surface area contributed by atoms with Gasteiger partial charge in [-0.2, -0.15) is 0 Å². The van der Waals surface area contributed by atoms with Gasteiger partial charge in [0.2, 0.25) is 5.43 Å². The number of pyridine rings is 1. The molecule has 3 N–H and O–H groups in total. The number of fused-ring (bicyclic) bond motifs is 1. The molecule has 3 rings (SSSR count). The minimum atomic E-state index is -0.304. The first-order valence-corrected chi connectivity index (χ1v) is 7.23. The quantitative estimate of drug-likeness (QED) is 0.847. The van der Waals surface area contributed by atoms with Crippen LogP contribution in [0.4, 0.5) is 5.69 Å². The summed E-state index contributed by atoms with van der Waals surface area (Å²) in [6.07, 6.45) is 3.62. The lowest BCUT2D eigenvalue weighted by Gasteiger charge is -2.17. The zero-order chi connectivity index (χ0) is 15.1. The first-order chi connectivity index (χ1) is 9.99. The lowest BCUT2D eigenvalue weighted by molar-refractivity contribution is 0.0949. The van der Waals surface area contributed by atoms with Gasteiger partial charge in [-0.1, -0.05) is 6.07 Å². The molecule has 5 nitrogen and oxygen atoms in total. The van der Waals surface area contributed by atoms with Crippen molar-refractivity contribution in [3.05, 3.63) is 40.2 Å². The normalized spacial score (nSPS) is 14.6. The molecule has 110 valence electrons. The molecule has 1 amide bonds. The Balaban J connectivity index is 2.25. The largest absolute Gasteiger partial charge is 0.398 e. The molecular formula is C16H19N3O2. The Morgan fingerprint density at radius 3 is 2.71 bits per heavy atom. The summed E-state index contributed by atoms with van der Waals surface area (Å²) >= 11 is 0. The third-order valence-corrected chi connectivity index (χ3v) is 3.81. The number of carbonyl (C=O) groups excluding carboxylic acids is 1. The number of amides is 1. The summed E-state index contributed by atoms with van der Waals surface area (Å²) in [6, 6.07) is 5.71. The number of rotatable bonds is 3. The number of nitrogen functional groups attached to an aromatic ring is 1. The fraction of sp³-hybridized carbons (Fsp3) is 0.375. The van der Waals surface area contributed by atoms with Gasteiger partial charge in [-0.25, -0.2) is 0 Å².